The van der Waals surface area contributed by atoms with Crippen LogP contribution in [-0.4, -0.2) is 49.3 Å². The van der Waals surface area contributed by atoms with Crippen LogP contribution in [0.1, 0.15) is 19.3 Å². The Labute approximate surface area is 101 Å². The molecule has 92 valence electrons. The Kier molecular flexibility index (Phi) is 4.93. The highest BCUT2D eigenvalue weighted by molar-refractivity contribution is 8.00. The summed E-state index contributed by atoms with van der Waals surface area (Å²) in [5.41, 5.74) is 0. The molecule has 16 heavy (non-hydrogen) atoms. The van der Waals surface area contributed by atoms with Gasteiger partial charge < -0.3 is 15.4 Å². The molecule has 5 heteroatoms. The van der Waals surface area contributed by atoms with Crippen LogP contribution in [0.15, 0.2) is 0 Å². The van der Waals surface area contributed by atoms with Crippen LogP contribution >= 0.6 is 11.8 Å². The second kappa shape index (κ2) is 6.47. The molecule has 0 radical (unpaired) electrons. The Hall–Kier alpha value is -0.260. The van der Waals surface area contributed by atoms with Crippen molar-refractivity contribution in [3.05, 3.63) is 0 Å². The zero-order valence-electron chi connectivity index (χ0n) is 9.54. The van der Waals surface area contributed by atoms with Crippen LogP contribution in [-0.2, 0) is 9.53 Å². The minimum atomic E-state index is 0.149. The number of carbonyl (C=O) groups excluding carboxylic acids is 1. The molecule has 2 saturated heterocycles. The van der Waals surface area contributed by atoms with E-state index in [0.717, 1.165) is 19.7 Å². The second-order valence-corrected chi connectivity index (χ2v) is 5.78. The number of rotatable bonds is 4. The van der Waals surface area contributed by atoms with Gasteiger partial charge in [0, 0.05) is 30.8 Å². The largest absolute Gasteiger partial charge is 0.378 e. The van der Waals surface area contributed by atoms with Crippen LogP contribution in [0, 0.1) is 0 Å². The molecule has 2 fully saturated rings. The monoisotopic (exact) mass is 244 g/mol. The SMILES string of the molecule is O=C(CC1COCCN1)NCC1CCCS1. The summed E-state index contributed by atoms with van der Waals surface area (Å²) < 4.78 is 5.31. The van der Waals surface area contributed by atoms with Gasteiger partial charge in [-0.2, -0.15) is 11.8 Å². The second-order valence-electron chi connectivity index (χ2n) is 4.37. The first kappa shape index (κ1) is 12.2. The van der Waals surface area contributed by atoms with E-state index in [4.69, 9.17) is 4.74 Å². The summed E-state index contributed by atoms with van der Waals surface area (Å²) in [6, 6.07) is 0.199. The first-order valence-electron chi connectivity index (χ1n) is 6.04. The van der Waals surface area contributed by atoms with E-state index in [1.165, 1.54) is 18.6 Å². The van der Waals surface area contributed by atoms with Crippen LogP contribution in [0.25, 0.3) is 0 Å². The normalized spacial score (nSPS) is 30.2. The summed E-state index contributed by atoms with van der Waals surface area (Å²) in [4.78, 5) is 11.7. The smallest absolute Gasteiger partial charge is 0.221 e. The number of amides is 1. The van der Waals surface area contributed by atoms with Crippen molar-refractivity contribution in [2.45, 2.75) is 30.6 Å². The lowest BCUT2D eigenvalue weighted by Gasteiger charge is -2.23. The number of thioether (sulfide) groups is 1. The predicted molar refractivity (Wildman–Crippen MR) is 65.7 cm³/mol. The molecule has 0 bridgehead atoms. The third kappa shape index (κ3) is 3.96. The molecule has 2 heterocycles. The molecule has 0 aromatic heterocycles. The number of nitrogens with one attached hydrogen (secondary N) is 2. The lowest BCUT2D eigenvalue weighted by atomic mass is 10.2. The lowest BCUT2D eigenvalue weighted by Crippen LogP contribution is -2.44. The minimum absolute atomic E-state index is 0.149. The van der Waals surface area contributed by atoms with Crippen molar-refractivity contribution in [3.8, 4) is 0 Å². The van der Waals surface area contributed by atoms with Gasteiger partial charge in [0.05, 0.1) is 13.2 Å². The summed E-state index contributed by atoms with van der Waals surface area (Å²) in [6.07, 6.45) is 3.08. The van der Waals surface area contributed by atoms with Crippen molar-refractivity contribution < 1.29 is 9.53 Å². The Morgan fingerprint density at radius 1 is 1.56 bits per heavy atom. The molecule has 4 nitrogen and oxygen atoms in total. The van der Waals surface area contributed by atoms with Gasteiger partial charge in [0.2, 0.25) is 5.91 Å². The van der Waals surface area contributed by atoms with Gasteiger partial charge in [0.15, 0.2) is 0 Å². The van der Waals surface area contributed by atoms with E-state index in [2.05, 4.69) is 10.6 Å². The Morgan fingerprint density at radius 3 is 3.19 bits per heavy atom. The Balaban J connectivity index is 1.59. The number of hydrogen-bond donors (Lipinski definition) is 2. The summed E-state index contributed by atoms with van der Waals surface area (Å²) in [6.45, 7) is 3.11. The molecule has 0 aromatic carbocycles. The van der Waals surface area contributed by atoms with Crippen molar-refractivity contribution in [1.29, 1.82) is 0 Å². The van der Waals surface area contributed by atoms with E-state index in [1.54, 1.807) is 0 Å². The molecule has 2 atom stereocenters. The maximum atomic E-state index is 11.7. The maximum Gasteiger partial charge on any atom is 0.221 e. The first-order chi connectivity index (χ1) is 7.84. The molecule has 2 aliphatic rings. The first-order valence-corrected chi connectivity index (χ1v) is 7.09. The standard InChI is InChI=1S/C11H20N2O2S/c14-11(6-9-8-15-4-3-12-9)13-7-10-2-1-5-16-10/h9-10,12H,1-8H2,(H,13,14). The van der Waals surface area contributed by atoms with E-state index in [0.29, 0.717) is 18.3 Å². The van der Waals surface area contributed by atoms with Crippen LogP contribution in [0.5, 0.6) is 0 Å². The fraction of sp³-hybridized carbons (Fsp3) is 0.909. The lowest BCUT2D eigenvalue weighted by molar-refractivity contribution is -0.122. The number of carbonyl (C=O) groups is 1. The van der Waals surface area contributed by atoms with Gasteiger partial charge >= 0.3 is 0 Å². The molecule has 1 amide bonds. The average molecular weight is 244 g/mol. The Morgan fingerprint density at radius 2 is 2.50 bits per heavy atom. The van der Waals surface area contributed by atoms with E-state index in [-0.39, 0.29) is 11.9 Å². The minimum Gasteiger partial charge on any atom is -0.378 e. The molecule has 0 aliphatic carbocycles. The fourth-order valence-electron chi connectivity index (χ4n) is 2.08. The van der Waals surface area contributed by atoms with Gasteiger partial charge in [-0.3, -0.25) is 4.79 Å². The third-order valence-corrected chi connectivity index (χ3v) is 4.38. The molecule has 0 spiro atoms. The third-order valence-electron chi connectivity index (χ3n) is 2.98. The summed E-state index contributed by atoms with van der Waals surface area (Å²) in [5, 5.41) is 6.94. The molecular formula is C11H20N2O2S. The summed E-state index contributed by atoms with van der Waals surface area (Å²) in [5.74, 6) is 1.40. The highest BCUT2D eigenvalue weighted by Gasteiger charge is 2.19. The predicted octanol–water partition coefficient (Wildman–Crippen LogP) is 0.377. The number of morpholine rings is 1. The van der Waals surface area contributed by atoms with E-state index in [1.807, 2.05) is 11.8 Å². The van der Waals surface area contributed by atoms with Gasteiger partial charge in [-0.15, -0.1) is 0 Å². The van der Waals surface area contributed by atoms with E-state index >= 15 is 0 Å². The highest BCUT2D eigenvalue weighted by atomic mass is 32.2. The highest BCUT2D eigenvalue weighted by Crippen LogP contribution is 2.25. The molecule has 2 rings (SSSR count). The average Bonchev–Trinajstić information content (AvgIpc) is 2.81. The van der Waals surface area contributed by atoms with Crippen molar-refractivity contribution >= 4 is 17.7 Å². The summed E-state index contributed by atoms with van der Waals surface area (Å²) >= 11 is 1.98. The van der Waals surface area contributed by atoms with Crippen molar-refractivity contribution in [3.63, 3.8) is 0 Å². The van der Waals surface area contributed by atoms with Crippen molar-refractivity contribution in [1.82, 2.24) is 10.6 Å². The van der Waals surface area contributed by atoms with Crippen LogP contribution < -0.4 is 10.6 Å². The van der Waals surface area contributed by atoms with Gasteiger partial charge in [-0.1, -0.05) is 0 Å². The van der Waals surface area contributed by atoms with Crippen molar-refractivity contribution in [2.75, 3.05) is 32.1 Å². The number of hydrogen-bond acceptors (Lipinski definition) is 4. The van der Waals surface area contributed by atoms with Crippen LogP contribution in [0.3, 0.4) is 0 Å². The van der Waals surface area contributed by atoms with Crippen LogP contribution in [0.2, 0.25) is 0 Å². The zero-order valence-corrected chi connectivity index (χ0v) is 10.4. The quantitative estimate of drug-likeness (QED) is 0.750. The van der Waals surface area contributed by atoms with Crippen LogP contribution in [0.4, 0.5) is 0 Å². The summed E-state index contributed by atoms with van der Waals surface area (Å²) in [7, 11) is 0. The molecule has 0 aromatic rings. The van der Waals surface area contributed by atoms with Gasteiger partial charge in [-0.05, 0) is 18.6 Å². The number of ether oxygens (including phenoxy) is 1. The fourth-order valence-corrected chi connectivity index (χ4v) is 3.28. The van der Waals surface area contributed by atoms with Gasteiger partial charge in [0.25, 0.3) is 0 Å². The molecule has 2 aliphatic heterocycles. The Bertz CT molecular complexity index is 226. The maximum absolute atomic E-state index is 11.7. The molecule has 2 unspecified atom stereocenters. The molecular weight excluding hydrogens is 224 g/mol. The van der Waals surface area contributed by atoms with Crippen molar-refractivity contribution in [2.24, 2.45) is 0 Å². The van der Waals surface area contributed by atoms with E-state index < -0.39 is 0 Å². The van der Waals surface area contributed by atoms with E-state index in [9.17, 15) is 4.79 Å². The van der Waals surface area contributed by atoms with Gasteiger partial charge in [-0.25, -0.2) is 0 Å². The molecule has 2 N–H and O–H groups in total. The zero-order chi connectivity index (χ0) is 11.2. The van der Waals surface area contributed by atoms with Gasteiger partial charge in [0.1, 0.15) is 0 Å². The topological polar surface area (TPSA) is 50.4 Å². The molecule has 0 saturated carbocycles.